The van der Waals surface area contributed by atoms with E-state index in [-0.39, 0.29) is 40.0 Å². The van der Waals surface area contributed by atoms with Gasteiger partial charge in [-0.3, -0.25) is 19.6 Å². The van der Waals surface area contributed by atoms with Crippen LogP contribution in [-0.2, 0) is 9.47 Å². The minimum atomic E-state index is 0. The SMILES string of the molecule is C.C.C.C.C.CC(C)N1CCC1.CC(C)N1CCCC1.CC(C)N1CCCCC1.CC(C)N1CCCN(C)CC1.CC(C)N1CCCOCC1.CC(C)N1CCN(C)CC1.CC(C)N1CCOCC1.[2HH].[2HH].[2H][2H].[2H][2H].[2H][2H]. The zero-order valence-corrected chi connectivity index (χ0v) is 46.1. The third kappa shape index (κ3) is 38.8. The molecule has 0 unspecified atom stereocenters. The quantitative estimate of drug-likeness (QED) is 0.245. The third-order valence-electron chi connectivity index (χ3n) is 14.1. The molecular formula is C58H145N9O2. The second-order valence-corrected chi connectivity index (χ2v) is 21.6. The van der Waals surface area contributed by atoms with Crippen LogP contribution in [0.15, 0.2) is 0 Å². The van der Waals surface area contributed by atoms with Gasteiger partial charge >= 0.3 is 0 Å². The molecule has 0 aliphatic carbocycles. The Balaban J connectivity index is -0.0000000826. The lowest BCUT2D eigenvalue weighted by molar-refractivity contribution is 0.0238. The van der Waals surface area contributed by atoms with Gasteiger partial charge in [0.2, 0.25) is 0 Å². The van der Waals surface area contributed by atoms with E-state index in [1.165, 1.54) is 150 Å². The van der Waals surface area contributed by atoms with E-state index in [4.69, 9.17) is 18.4 Å². The summed E-state index contributed by atoms with van der Waals surface area (Å²) in [4.78, 5) is 22.4. The minimum Gasteiger partial charge on any atom is -0.380 e. The molecule has 0 aromatic rings. The highest BCUT2D eigenvalue weighted by molar-refractivity contribution is 4.74. The lowest BCUT2D eigenvalue weighted by Gasteiger charge is -2.34. The number of hydrogen-bond donors (Lipinski definition) is 0. The van der Waals surface area contributed by atoms with Crippen LogP contribution in [0.2, 0.25) is 0 Å². The van der Waals surface area contributed by atoms with Gasteiger partial charge in [-0.2, -0.15) is 0 Å². The lowest BCUT2D eigenvalue weighted by atomic mass is 10.1. The highest BCUT2D eigenvalue weighted by atomic mass is 16.5. The molecule has 7 rings (SSSR count). The van der Waals surface area contributed by atoms with Gasteiger partial charge in [-0.15, -0.1) is 0 Å². The fourth-order valence-corrected chi connectivity index (χ4v) is 8.85. The summed E-state index contributed by atoms with van der Waals surface area (Å²) < 4.78 is 40.5. The largest absolute Gasteiger partial charge is 0.380 e. The molecule has 0 N–H and O–H groups in total. The molecule has 7 aliphatic heterocycles. The number of nitrogens with zero attached hydrogens (tertiary/aromatic N) is 9. The topological polar surface area (TPSA) is 47.6 Å². The van der Waals surface area contributed by atoms with Crippen LogP contribution in [0.1, 0.15) is 197 Å². The van der Waals surface area contributed by atoms with Crippen molar-refractivity contribution in [1.82, 2.24) is 44.1 Å². The van der Waals surface area contributed by atoms with Crippen molar-refractivity contribution in [3.05, 3.63) is 0 Å². The zero-order chi connectivity index (χ0) is 53.9. The van der Waals surface area contributed by atoms with E-state index in [1.54, 1.807) is 0 Å². The van der Waals surface area contributed by atoms with Gasteiger partial charge in [0.05, 0.1) is 19.8 Å². The molecule has 0 amide bonds. The first-order chi connectivity index (χ1) is 33.4. The van der Waals surface area contributed by atoms with Gasteiger partial charge < -0.3 is 34.0 Å². The van der Waals surface area contributed by atoms with Crippen molar-refractivity contribution in [3.8, 4) is 0 Å². The number of piperazine rings is 1. The molecule has 0 aromatic carbocycles. The fourth-order valence-electron chi connectivity index (χ4n) is 8.85. The smallest absolute Gasteiger partial charge is 0.0594 e. The molecule has 0 spiro atoms. The molecule has 0 bridgehead atoms. The van der Waals surface area contributed by atoms with E-state index >= 15 is 0 Å². The van der Waals surface area contributed by atoms with Crippen LogP contribution >= 0.6 is 0 Å². The summed E-state index contributed by atoms with van der Waals surface area (Å²) in [7, 11) is 4.40. The molecule has 0 atom stereocenters. The van der Waals surface area contributed by atoms with Gasteiger partial charge in [-0.25, -0.2) is 0 Å². The van der Waals surface area contributed by atoms with Crippen LogP contribution in [-0.4, -0.2) is 245 Å². The average Bonchev–Trinajstić information content (AvgIpc) is 3.62. The summed E-state index contributed by atoms with van der Waals surface area (Å²) in [6.07, 6.45) is 11.0. The summed E-state index contributed by atoms with van der Waals surface area (Å²) in [5, 5.41) is 0. The molecule has 11 heteroatoms. The van der Waals surface area contributed by atoms with Crippen molar-refractivity contribution in [1.29, 1.82) is 0 Å². The fraction of sp³-hybridized carbons (Fsp3) is 1.00. The van der Waals surface area contributed by atoms with E-state index in [0.29, 0.717) is 12.1 Å². The van der Waals surface area contributed by atoms with E-state index in [0.717, 1.165) is 76.3 Å². The lowest BCUT2D eigenvalue weighted by Crippen LogP contribution is -2.47. The van der Waals surface area contributed by atoms with Crippen molar-refractivity contribution in [3.63, 3.8) is 0 Å². The van der Waals surface area contributed by atoms with E-state index < -0.39 is 0 Å². The Morgan fingerprint density at radius 2 is 0.464 bits per heavy atom. The third-order valence-corrected chi connectivity index (χ3v) is 14.1. The van der Waals surface area contributed by atoms with Crippen molar-refractivity contribution in [2.45, 2.75) is 228 Å². The molecule has 7 aliphatic rings. The van der Waals surface area contributed by atoms with Gasteiger partial charge in [0.1, 0.15) is 0 Å². The van der Waals surface area contributed by atoms with E-state index in [2.05, 4.69) is 155 Å². The zero-order valence-electron chi connectivity index (χ0n) is 52.1. The first-order valence-electron chi connectivity index (χ1n) is 30.1. The van der Waals surface area contributed by atoms with Gasteiger partial charge in [0, 0.05) is 126 Å². The monoisotopic (exact) mass is 1010 g/mol. The van der Waals surface area contributed by atoms with Gasteiger partial charge in [0.25, 0.3) is 0 Å². The summed E-state index contributed by atoms with van der Waals surface area (Å²) in [6, 6.07) is 5.15. The predicted octanol–water partition coefficient (Wildman–Crippen LogP) is 12.4. The summed E-state index contributed by atoms with van der Waals surface area (Å²) in [6.45, 7) is 57.8. The Bertz CT molecular complexity index is 1030. The van der Waals surface area contributed by atoms with Gasteiger partial charge in [-0.1, -0.05) is 43.6 Å². The molecular weight excluding hydrogens is 855 g/mol. The Morgan fingerprint density at radius 1 is 0.246 bits per heavy atom. The number of rotatable bonds is 7. The van der Waals surface area contributed by atoms with Crippen molar-refractivity contribution in [2.75, 3.05) is 158 Å². The Morgan fingerprint density at radius 3 is 0.783 bits per heavy atom. The number of piperidine rings is 1. The first kappa shape index (κ1) is 70.6. The molecule has 7 fully saturated rings. The molecule has 11 nitrogen and oxygen atoms in total. The molecule has 7 saturated heterocycles. The maximum Gasteiger partial charge on any atom is 0.0594 e. The normalized spacial score (nSPS) is 22.0. The summed E-state index contributed by atoms with van der Waals surface area (Å²) >= 11 is 0. The van der Waals surface area contributed by atoms with Crippen LogP contribution in [0.3, 0.4) is 0 Å². The average molecular weight is 1010 g/mol. The summed E-state index contributed by atoms with van der Waals surface area (Å²) in [5.41, 5.74) is 0. The molecule has 7 heterocycles. The van der Waals surface area contributed by atoms with Crippen LogP contribution in [0.4, 0.5) is 0 Å². The van der Waals surface area contributed by atoms with Crippen LogP contribution < -0.4 is 0 Å². The standard InChI is InChI=1S/C9H20N2.C8H18N2.C8H17NO.C8H17N.C7H15NO.C7H15N.C6H13N.5CH4.5H2/c1-9(2)11-6-4-5-10(3)7-8-11;1-8(2)10-6-4-9(3)5-7-10;1-8(2)9-4-3-6-10-7-5-9;1-8(2)9-6-4-3-5-7-9;1-7(2)8-3-5-9-6-4-8;1-7(2)8-5-3-4-6-8;1-6(2)7-4-3-5-7;;;;;;;;;;/h9H,4-8H2,1-3H3;8H,4-7H2,1-3H3;8H,3-7H2,1-2H3;8H,3-7H2,1-2H3;7H,3-6H2,1-2H3;7H,3-6H2,1-2H3;6H,3-5H2,1-2H3;5*1H4;5*1H/i;;;;;;;;;;;;3*1+1D;2*1+1. The van der Waals surface area contributed by atoms with Gasteiger partial charge in [-0.05, 0) is 208 Å². The minimum absolute atomic E-state index is 0. The molecule has 69 heavy (non-hydrogen) atoms. The highest BCUT2D eigenvalue weighted by Crippen LogP contribution is 2.12. The number of hydrogen-bond acceptors (Lipinski definition) is 11. The van der Waals surface area contributed by atoms with E-state index in [9.17, 15) is 0 Å². The maximum atomic E-state index is 5.33. The molecule has 0 radical (unpaired) electrons. The van der Waals surface area contributed by atoms with Crippen LogP contribution in [0.25, 0.3) is 0 Å². The van der Waals surface area contributed by atoms with Gasteiger partial charge in [0.15, 0.2) is 0 Å². The number of likely N-dealkylation sites (N-methyl/N-ethyl adjacent to an activating group) is 2. The Hall–Kier alpha value is -0.440. The summed E-state index contributed by atoms with van der Waals surface area (Å²) in [5.74, 6) is 0. The number of likely N-dealkylation sites (tertiary alicyclic amines) is 3. The highest BCUT2D eigenvalue weighted by Gasteiger charge is 2.18. The molecule has 0 saturated carbocycles. The maximum absolute atomic E-state index is 5.33. The second-order valence-electron chi connectivity index (χ2n) is 21.6. The van der Waals surface area contributed by atoms with Crippen molar-refractivity contribution in [2.24, 2.45) is 0 Å². The Labute approximate surface area is 450 Å². The van der Waals surface area contributed by atoms with Crippen LogP contribution in [0.5, 0.6) is 0 Å². The van der Waals surface area contributed by atoms with Crippen molar-refractivity contribution >= 4 is 0 Å². The first-order valence-corrected chi connectivity index (χ1v) is 27.1. The number of morpholine rings is 1. The molecule has 434 valence electrons. The van der Waals surface area contributed by atoms with Crippen LogP contribution in [0, 0.1) is 0 Å². The number of ether oxygens (including phenoxy) is 2. The Kier molecular flexibility index (Phi) is 48.4. The van der Waals surface area contributed by atoms with Crippen molar-refractivity contribution < 1.29 is 21.2 Å². The molecule has 0 aromatic heterocycles. The van der Waals surface area contributed by atoms with E-state index in [1.807, 2.05) is 0 Å². The predicted molar refractivity (Wildman–Crippen MR) is 325 cm³/mol. The second kappa shape index (κ2) is 47.3.